The molecule has 0 amide bonds. The van der Waals surface area contributed by atoms with E-state index in [0.29, 0.717) is 23.0 Å². The van der Waals surface area contributed by atoms with Gasteiger partial charge >= 0.3 is 0 Å². The molecule has 2 heterocycles. The van der Waals surface area contributed by atoms with E-state index in [2.05, 4.69) is 16.2 Å². The normalized spacial score (nSPS) is 10.2. The Morgan fingerprint density at radius 1 is 1.30 bits per heavy atom. The van der Waals surface area contributed by atoms with Gasteiger partial charge in [-0.1, -0.05) is 17.3 Å². The highest BCUT2D eigenvalue weighted by molar-refractivity contribution is 7.13. The maximum atomic E-state index is 8.81. The molecule has 0 spiro atoms. The Morgan fingerprint density at radius 3 is 3.05 bits per heavy atom. The van der Waals surface area contributed by atoms with Crippen molar-refractivity contribution in [1.82, 2.24) is 10.1 Å². The fraction of sp³-hybridized carbons (Fsp3) is 0.0714. The molecule has 0 aliphatic carbocycles. The van der Waals surface area contributed by atoms with Gasteiger partial charge in [-0.25, -0.2) is 0 Å². The summed E-state index contributed by atoms with van der Waals surface area (Å²) >= 11 is 1.54. The van der Waals surface area contributed by atoms with Crippen LogP contribution in [0.5, 0.6) is 5.75 Å². The Morgan fingerprint density at radius 2 is 2.25 bits per heavy atom. The molecule has 0 aliphatic heterocycles. The molecule has 1 aromatic carbocycles. The van der Waals surface area contributed by atoms with Crippen molar-refractivity contribution in [2.75, 3.05) is 0 Å². The molecular formula is C14H9N3O2S. The van der Waals surface area contributed by atoms with Gasteiger partial charge in [-0.2, -0.15) is 10.2 Å². The van der Waals surface area contributed by atoms with E-state index in [4.69, 9.17) is 14.5 Å². The summed E-state index contributed by atoms with van der Waals surface area (Å²) in [6, 6.07) is 12.8. The van der Waals surface area contributed by atoms with Gasteiger partial charge in [-0.3, -0.25) is 0 Å². The van der Waals surface area contributed by atoms with Crippen LogP contribution in [0, 0.1) is 11.3 Å². The summed E-state index contributed by atoms with van der Waals surface area (Å²) in [7, 11) is 0. The van der Waals surface area contributed by atoms with Crippen molar-refractivity contribution in [2.24, 2.45) is 0 Å². The molecule has 20 heavy (non-hydrogen) atoms. The fourth-order valence-corrected chi connectivity index (χ4v) is 2.26. The second-order valence-electron chi connectivity index (χ2n) is 3.92. The maximum absolute atomic E-state index is 8.81. The molecule has 0 bridgehead atoms. The summed E-state index contributed by atoms with van der Waals surface area (Å²) in [5, 5.41) is 14.6. The zero-order valence-electron chi connectivity index (χ0n) is 10.3. The number of hydrogen-bond donors (Lipinski definition) is 0. The second-order valence-corrected chi connectivity index (χ2v) is 4.87. The molecule has 0 N–H and O–H groups in total. The third kappa shape index (κ3) is 2.68. The van der Waals surface area contributed by atoms with E-state index in [1.807, 2.05) is 17.5 Å². The summed E-state index contributed by atoms with van der Waals surface area (Å²) in [6.07, 6.45) is 0. The molecular weight excluding hydrogens is 274 g/mol. The van der Waals surface area contributed by atoms with Gasteiger partial charge in [-0.15, -0.1) is 11.3 Å². The van der Waals surface area contributed by atoms with Gasteiger partial charge < -0.3 is 9.26 Å². The van der Waals surface area contributed by atoms with E-state index in [9.17, 15) is 0 Å². The van der Waals surface area contributed by atoms with E-state index in [-0.39, 0.29) is 6.61 Å². The highest BCUT2D eigenvalue weighted by Crippen LogP contribution is 2.22. The van der Waals surface area contributed by atoms with Gasteiger partial charge in [-0.05, 0) is 29.6 Å². The topological polar surface area (TPSA) is 71.9 Å². The summed E-state index contributed by atoms with van der Waals surface area (Å²) in [5.74, 6) is 1.56. The Kier molecular flexibility index (Phi) is 3.44. The average molecular weight is 283 g/mol. The largest absolute Gasteiger partial charge is 0.485 e. The first-order valence-corrected chi connectivity index (χ1v) is 6.72. The number of nitriles is 1. The van der Waals surface area contributed by atoms with Crippen molar-refractivity contribution >= 4 is 11.3 Å². The Balaban J connectivity index is 1.68. The lowest BCUT2D eigenvalue weighted by Crippen LogP contribution is -1.97. The van der Waals surface area contributed by atoms with Crippen LogP contribution in [-0.4, -0.2) is 10.1 Å². The van der Waals surface area contributed by atoms with Crippen LogP contribution in [0.15, 0.2) is 46.3 Å². The van der Waals surface area contributed by atoms with Crippen molar-refractivity contribution in [3.8, 4) is 22.6 Å². The summed E-state index contributed by atoms with van der Waals surface area (Å²) in [6.45, 7) is 0.198. The molecule has 0 saturated heterocycles. The van der Waals surface area contributed by atoms with E-state index in [1.54, 1.807) is 24.3 Å². The zero-order chi connectivity index (χ0) is 13.8. The first kappa shape index (κ1) is 12.4. The van der Waals surface area contributed by atoms with Crippen LogP contribution >= 0.6 is 11.3 Å². The van der Waals surface area contributed by atoms with Crippen molar-refractivity contribution in [2.45, 2.75) is 6.61 Å². The van der Waals surface area contributed by atoms with Crippen LogP contribution in [0.3, 0.4) is 0 Å². The Hall–Kier alpha value is -2.65. The van der Waals surface area contributed by atoms with Gasteiger partial charge in [0.2, 0.25) is 5.82 Å². The van der Waals surface area contributed by atoms with Crippen molar-refractivity contribution in [1.29, 1.82) is 5.26 Å². The smallest absolute Gasteiger partial charge is 0.268 e. The maximum Gasteiger partial charge on any atom is 0.268 e. The minimum atomic E-state index is 0.198. The summed E-state index contributed by atoms with van der Waals surface area (Å²) < 4.78 is 10.7. The minimum absolute atomic E-state index is 0.198. The van der Waals surface area contributed by atoms with E-state index >= 15 is 0 Å². The lowest BCUT2D eigenvalue weighted by molar-refractivity contribution is 0.287. The standard InChI is InChI=1S/C14H9N3O2S/c15-8-10-3-1-4-11(7-10)18-9-13-16-14(19-17-13)12-5-2-6-20-12/h1-7H,9H2. The molecule has 0 unspecified atom stereocenters. The number of ether oxygens (including phenoxy) is 1. The second kappa shape index (κ2) is 5.55. The number of rotatable bonds is 4. The van der Waals surface area contributed by atoms with Crippen LogP contribution in [0.1, 0.15) is 11.4 Å². The molecule has 3 aromatic rings. The van der Waals surface area contributed by atoms with E-state index < -0.39 is 0 Å². The van der Waals surface area contributed by atoms with E-state index in [1.165, 1.54) is 11.3 Å². The fourth-order valence-electron chi connectivity index (χ4n) is 1.62. The highest BCUT2D eigenvalue weighted by atomic mass is 32.1. The van der Waals surface area contributed by atoms with Gasteiger partial charge in [0.05, 0.1) is 16.5 Å². The van der Waals surface area contributed by atoms with Crippen LogP contribution in [0.2, 0.25) is 0 Å². The third-order valence-corrected chi connectivity index (χ3v) is 3.39. The van der Waals surface area contributed by atoms with Gasteiger partial charge in [0.15, 0.2) is 6.61 Å². The summed E-state index contributed by atoms with van der Waals surface area (Å²) in [4.78, 5) is 5.18. The Bertz CT molecular complexity index is 744. The monoisotopic (exact) mass is 283 g/mol. The van der Waals surface area contributed by atoms with Crippen LogP contribution in [-0.2, 0) is 6.61 Å². The SMILES string of the molecule is N#Cc1cccc(OCc2noc(-c3cccs3)n2)c1. The summed E-state index contributed by atoms with van der Waals surface area (Å²) in [5.41, 5.74) is 0.551. The van der Waals surface area contributed by atoms with Gasteiger partial charge in [0.1, 0.15) is 5.75 Å². The molecule has 6 heteroatoms. The predicted molar refractivity (Wildman–Crippen MR) is 73.1 cm³/mol. The van der Waals surface area contributed by atoms with Crippen molar-refractivity contribution in [3.63, 3.8) is 0 Å². The molecule has 0 aliphatic rings. The third-order valence-electron chi connectivity index (χ3n) is 2.53. The molecule has 0 atom stereocenters. The molecule has 0 fully saturated rings. The number of aromatic nitrogens is 2. The molecule has 2 aromatic heterocycles. The quantitative estimate of drug-likeness (QED) is 0.735. The van der Waals surface area contributed by atoms with E-state index in [0.717, 1.165) is 4.88 Å². The minimum Gasteiger partial charge on any atom is -0.485 e. The number of nitrogens with zero attached hydrogens (tertiary/aromatic N) is 3. The first-order valence-electron chi connectivity index (χ1n) is 5.84. The number of benzene rings is 1. The predicted octanol–water partition coefficient (Wildman–Crippen LogP) is 3.25. The van der Waals surface area contributed by atoms with Crippen LogP contribution < -0.4 is 4.74 Å². The first-order chi connectivity index (χ1) is 9.85. The molecule has 3 rings (SSSR count). The van der Waals surface area contributed by atoms with Gasteiger partial charge in [0, 0.05) is 0 Å². The molecule has 98 valence electrons. The van der Waals surface area contributed by atoms with Crippen LogP contribution in [0.4, 0.5) is 0 Å². The zero-order valence-corrected chi connectivity index (χ0v) is 11.1. The molecule has 0 radical (unpaired) electrons. The molecule has 0 saturated carbocycles. The van der Waals surface area contributed by atoms with Crippen molar-refractivity contribution in [3.05, 3.63) is 53.2 Å². The number of hydrogen-bond acceptors (Lipinski definition) is 6. The van der Waals surface area contributed by atoms with Gasteiger partial charge in [0.25, 0.3) is 5.89 Å². The highest BCUT2D eigenvalue weighted by Gasteiger charge is 2.10. The lowest BCUT2D eigenvalue weighted by atomic mass is 10.2. The Labute approximate surface area is 119 Å². The average Bonchev–Trinajstić information content (AvgIpc) is 3.16. The molecule has 5 nitrogen and oxygen atoms in total. The van der Waals surface area contributed by atoms with Crippen molar-refractivity contribution < 1.29 is 9.26 Å². The lowest BCUT2D eigenvalue weighted by Gasteiger charge is -2.02. The number of thiophene rings is 1. The van der Waals surface area contributed by atoms with Crippen LogP contribution in [0.25, 0.3) is 10.8 Å².